The molecule has 1 heterocycles. The maximum absolute atomic E-state index is 13.5. The largest absolute Gasteiger partial charge is 0.455 e. The number of carbonyl (C=O) groups excluding carboxylic acids is 1. The molecule has 2 N–H and O–H groups in total. The Bertz CT molecular complexity index is 580. The second-order valence-corrected chi connectivity index (χ2v) is 4.22. The topological polar surface area (TPSA) is 59.5 Å². The van der Waals surface area contributed by atoms with Crippen LogP contribution in [0.25, 0.3) is 0 Å². The zero-order chi connectivity index (χ0) is 13.8. The van der Waals surface area contributed by atoms with Crippen molar-refractivity contribution >= 4 is 5.91 Å². The highest BCUT2D eigenvalue weighted by Crippen LogP contribution is 2.13. The molecule has 0 radical (unpaired) electrons. The molecule has 4 nitrogen and oxygen atoms in total. The molecule has 0 aliphatic heterocycles. The lowest BCUT2D eigenvalue weighted by molar-refractivity contribution is 0.0750. The van der Waals surface area contributed by atoms with E-state index in [0.29, 0.717) is 11.3 Å². The molecule has 0 saturated heterocycles. The Labute approximate surface area is 110 Å². The number of rotatable bonds is 4. The molecule has 5 heteroatoms. The molecule has 1 aromatic carbocycles. The van der Waals surface area contributed by atoms with E-state index in [1.165, 1.54) is 11.0 Å². The minimum atomic E-state index is -0.329. The lowest BCUT2D eigenvalue weighted by Crippen LogP contribution is -2.26. The first-order valence-electron chi connectivity index (χ1n) is 5.89. The van der Waals surface area contributed by atoms with Gasteiger partial charge in [0.1, 0.15) is 11.6 Å². The Balaban J connectivity index is 2.09. The zero-order valence-corrected chi connectivity index (χ0v) is 10.6. The van der Waals surface area contributed by atoms with E-state index in [9.17, 15) is 9.18 Å². The van der Waals surface area contributed by atoms with Crippen LogP contribution in [0.5, 0.6) is 0 Å². The van der Waals surface area contributed by atoms with Crippen LogP contribution in [0.3, 0.4) is 0 Å². The highest BCUT2D eigenvalue weighted by molar-refractivity contribution is 5.91. The van der Waals surface area contributed by atoms with E-state index >= 15 is 0 Å². The summed E-state index contributed by atoms with van der Waals surface area (Å²) in [4.78, 5) is 13.5. The van der Waals surface area contributed by atoms with Gasteiger partial charge in [-0.3, -0.25) is 4.79 Å². The van der Waals surface area contributed by atoms with E-state index in [-0.39, 0.29) is 30.6 Å². The molecule has 19 heavy (non-hydrogen) atoms. The summed E-state index contributed by atoms with van der Waals surface area (Å²) in [5, 5.41) is 0. The van der Waals surface area contributed by atoms with Crippen molar-refractivity contribution in [1.29, 1.82) is 0 Å². The third kappa shape index (κ3) is 3.00. The van der Waals surface area contributed by atoms with Crippen molar-refractivity contribution in [1.82, 2.24) is 4.90 Å². The first-order valence-corrected chi connectivity index (χ1v) is 5.89. The van der Waals surface area contributed by atoms with Crippen LogP contribution >= 0.6 is 0 Å². The average Bonchev–Trinajstić information content (AvgIpc) is 2.89. The molecule has 0 bridgehead atoms. The van der Waals surface area contributed by atoms with E-state index in [0.717, 1.165) is 0 Å². The third-order valence-corrected chi connectivity index (χ3v) is 2.79. The number of hydrogen-bond acceptors (Lipinski definition) is 3. The summed E-state index contributed by atoms with van der Waals surface area (Å²) in [6.45, 7) is 0.425. The maximum atomic E-state index is 13.5. The first kappa shape index (κ1) is 13.3. The van der Waals surface area contributed by atoms with E-state index in [2.05, 4.69) is 0 Å². The monoisotopic (exact) mass is 262 g/mol. The molecule has 0 spiro atoms. The summed E-state index contributed by atoms with van der Waals surface area (Å²) in [6.07, 6.45) is 0. The molecule has 0 unspecified atom stereocenters. The average molecular weight is 262 g/mol. The predicted molar refractivity (Wildman–Crippen MR) is 68.8 cm³/mol. The van der Waals surface area contributed by atoms with Gasteiger partial charge in [0, 0.05) is 19.2 Å². The number of nitrogens with zero attached hydrogens (tertiary/aromatic N) is 1. The third-order valence-electron chi connectivity index (χ3n) is 2.79. The summed E-state index contributed by atoms with van der Waals surface area (Å²) >= 11 is 0. The van der Waals surface area contributed by atoms with Gasteiger partial charge < -0.3 is 15.1 Å². The van der Waals surface area contributed by atoms with Crippen molar-refractivity contribution in [2.24, 2.45) is 5.73 Å². The lowest BCUT2D eigenvalue weighted by Gasteiger charge is -2.16. The predicted octanol–water partition coefficient (Wildman–Crippen LogP) is 2.15. The molecular weight excluding hydrogens is 247 g/mol. The highest BCUT2D eigenvalue weighted by Gasteiger charge is 2.17. The number of furan rings is 1. The minimum Gasteiger partial charge on any atom is -0.455 e. The summed E-state index contributed by atoms with van der Waals surface area (Å²) in [5.41, 5.74) is 5.88. The van der Waals surface area contributed by atoms with Crippen molar-refractivity contribution in [3.8, 4) is 0 Å². The molecule has 1 amide bonds. The normalized spacial score (nSPS) is 10.5. The van der Waals surface area contributed by atoms with E-state index in [1.807, 2.05) is 0 Å². The summed E-state index contributed by atoms with van der Waals surface area (Å²) in [5.74, 6) is 0.120. The SMILES string of the molecule is CN(Cc1ccccc1F)C(=O)c1ccc(CN)o1. The quantitative estimate of drug-likeness (QED) is 0.918. The van der Waals surface area contributed by atoms with Gasteiger partial charge in [-0.25, -0.2) is 4.39 Å². The van der Waals surface area contributed by atoms with Gasteiger partial charge in [0.05, 0.1) is 6.54 Å². The van der Waals surface area contributed by atoms with E-state index in [4.69, 9.17) is 10.2 Å². The van der Waals surface area contributed by atoms with Crippen molar-refractivity contribution < 1.29 is 13.6 Å². The molecule has 2 aromatic rings. The van der Waals surface area contributed by atoms with Gasteiger partial charge >= 0.3 is 0 Å². The van der Waals surface area contributed by atoms with Crippen LogP contribution in [0.2, 0.25) is 0 Å². The van der Waals surface area contributed by atoms with Gasteiger partial charge in [-0.1, -0.05) is 18.2 Å². The molecule has 0 saturated carbocycles. The fraction of sp³-hybridized carbons (Fsp3) is 0.214. The Hall–Kier alpha value is -2.14. The van der Waals surface area contributed by atoms with Crippen LogP contribution < -0.4 is 5.73 Å². The van der Waals surface area contributed by atoms with Gasteiger partial charge in [-0.15, -0.1) is 0 Å². The van der Waals surface area contributed by atoms with Gasteiger partial charge in [0.15, 0.2) is 5.76 Å². The summed E-state index contributed by atoms with van der Waals surface area (Å²) in [7, 11) is 1.60. The molecule has 0 fully saturated rings. The van der Waals surface area contributed by atoms with Gasteiger partial charge in [0.2, 0.25) is 0 Å². The number of hydrogen-bond donors (Lipinski definition) is 1. The molecule has 2 rings (SSSR count). The van der Waals surface area contributed by atoms with E-state index < -0.39 is 0 Å². The number of nitrogens with two attached hydrogens (primary N) is 1. The summed E-state index contributed by atoms with van der Waals surface area (Å²) in [6, 6.07) is 9.59. The molecule has 0 atom stereocenters. The smallest absolute Gasteiger partial charge is 0.289 e. The van der Waals surface area contributed by atoms with Gasteiger partial charge in [-0.2, -0.15) is 0 Å². The van der Waals surface area contributed by atoms with Gasteiger partial charge in [-0.05, 0) is 18.2 Å². The molecular formula is C14H15FN2O2. The van der Waals surface area contributed by atoms with Crippen molar-refractivity contribution in [3.05, 3.63) is 59.3 Å². The van der Waals surface area contributed by atoms with Crippen LogP contribution in [-0.2, 0) is 13.1 Å². The number of amides is 1. The molecule has 0 aliphatic carbocycles. The fourth-order valence-corrected chi connectivity index (χ4v) is 1.74. The number of halogens is 1. The number of carbonyl (C=O) groups is 1. The standard InChI is InChI=1S/C14H15FN2O2/c1-17(9-10-4-2-3-5-12(10)15)14(18)13-7-6-11(8-16)19-13/h2-7H,8-9,16H2,1H3. The van der Waals surface area contributed by atoms with Crippen molar-refractivity contribution in [3.63, 3.8) is 0 Å². The van der Waals surface area contributed by atoms with Gasteiger partial charge in [0.25, 0.3) is 5.91 Å². The zero-order valence-electron chi connectivity index (χ0n) is 10.6. The fourth-order valence-electron chi connectivity index (χ4n) is 1.74. The Kier molecular flexibility index (Phi) is 3.97. The van der Waals surface area contributed by atoms with Crippen LogP contribution in [-0.4, -0.2) is 17.9 Å². The van der Waals surface area contributed by atoms with Crippen LogP contribution in [0.1, 0.15) is 21.9 Å². The second kappa shape index (κ2) is 5.67. The van der Waals surface area contributed by atoms with Crippen LogP contribution in [0, 0.1) is 5.82 Å². The molecule has 1 aromatic heterocycles. The summed E-state index contributed by atoms with van der Waals surface area (Å²) < 4.78 is 18.8. The Morgan fingerprint density at radius 2 is 2.05 bits per heavy atom. The molecule has 0 aliphatic rings. The van der Waals surface area contributed by atoms with Crippen LogP contribution in [0.15, 0.2) is 40.8 Å². The Morgan fingerprint density at radius 3 is 2.68 bits per heavy atom. The molecule has 100 valence electrons. The minimum absolute atomic E-state index is 0.185. The Morgan fingerprint density at radius 1 is 1.32 bits per heavy atom. The number of benzene rings is 1. The second-order valence-electron chi connectivity index (χ2n) is 4.22. The van der Waals surface area contributed by atoms with E-state index in [1.54, 1.807) is 37.4 Å². The lowest BCUT2D eigenvalue weighted by atomic mass is 10.2. The van der Waals surface area contributed by atoms with Crippen LogP contribution in [0.4, 0.5) is 4.39 Å². The maximum Gasteiger partial charge on any atom is 0.289 e. The van der Waals surface area contributed by atoms with Crippen molar-refractivity contribution in [2.45, 2.75) is 13.1 Å². The first-order chi connectivity index (χ1) is 9.11. The highest BCUT2D eigenvalue weighted by atomic mass is 19.1. The van der Waals surface area contributed by atoms with Crippen molar-refractivity contribution in [2.75, 3.05) is 7.05 Å².